The van der Waals surface area contributed by atoms with Crippen molar-refractivity contribution in [1.29, 1.82) is 0 Å². The zero-order chi connectivity index (χ0) is 17.9. The number of carbonyl (C=O) groups is 1. The third kappa shape index (κ3) is 4.18. The van der Waals surface area contributed by atoms with E-state index in [9.17, 15) is 4.79 Å². The van der Waals surface area contributed by atoms with Crippen LogP contribution in [0.1, 0.15) is 25.0 Å². The molecule has 1 amide bonds. The molecule has 3 rings (SSSR count). The van der Waals surface area contributed by atoms with Gasteiger partial charge in [0.05, 0.1) is 0 Å². The molecule has 0 bridgehead atoms. The van der Waals surface area contributed by atoms with Gasteiger partial charge >= 0.3 is 0 Å². The molecule has 1 fully saturated rings. The molecule has 1 aliphatic heterocycles. The van der Waals surface area contributed by atoms with E-state index in [4.69, 9.17) is 9.57 Å². The molecule has 0 saturated carbocycles. The Hall–Kier alpha value is -1.95. The summed E-state index contributed by atoms with van der Waals surface area (Å²) in [7, 11) is 0. The highest BCUT2D eigenvalue weighted by atomic mass is 79.9. The van der Waals surface area contributed by atoms with Crippen LogP contribution in [0.3, 0.4) is 0 Å². The molecular formula is C20H20BrNO3. The normalized spacial score (nSPS) is 20.1. The van der Waals surface area contributed by atoms with Crippen LogP contribution in [0.15, 0.2) is 65.1 Å². The maximum Gasteiger partial charge on any atom is 0.280 e. The number of rotatable bonds is 5. The summed E-state index contributed by atoms with van der Waals surface area (Å²) in [5, 5.41) is 1.32. The van der Waals surface area contributed by atoms with Crippen LogP contribution in [0.4, 0.5) is 0 Å². The molecule has 1 aliphatic rings. The fraction of sp³-hybridized carbons (Fsp3) is 0.250. The number of hydroxylamine groups is 2. The summed E-state index contributed by atoms with van der Waals surface area (Å²) in [6.07, 6.45) is 1.31. The second-order valence-corrected chi connectivity index (χ2v) is 7.23. The minimum atomic E-state index is -0.940. The number of carbonyl (C=O) groups excluding carboxylic acids is 1. The molecule has 25 heavy (non-hydrogen) atoms. The summed E-state index contributed by atoms with van der Waals surface area (Å²) in [4.78, 5) is 18.4. The van der Waals surface area contributed by atoms with E-state index < -0.39 is 11.8 Å². The Balaban J connectivity index is 1.80. The maximum absolute atomic E-state index is 12.6. The molecule has 130 valence electrons. The van der Waals surface area contributed by atoms with Crippen LogP contribution in [-0.4, -0.2) is 22.8 Å². The second kappa shape index (κ2) is 7.52. The van der Waals surface area contributed by atoms with E-state index in [1.807, 2.05) is 66.7 Å². The third-order valence-electron chi connectivity index (χ3n) is 3.89. The fourth-order valence-electron chi connectivity index (χ4n) is 2.54. The van der Waals surface area contributed by atoms with Crippen molar-refractivity contribution in [2.45, 2.75) is 32.3 Å². The molecule has 5 heteroatoms. The van der Waals surface area contributed by atoms with E-state index in [2.05, 4.69) is 15.9 Å². The Bertz CT molecular complexity index is 759. The van der Waals surface area contributed by atoms with Crippen molar-refractivity contribution >= 4 is 27.9 Å². The summed E-state index contributed by atoms with van der Waals surface area (Å²) in [6.45, 7) is 3.79. The quantitative estimate of drug-likeness (QED) is 0.739. The number of ether oxygens (including phenoxy) is 1. The van der Waals surface area contributed by atoms with Crippen molar-refractivity contribution < 1.29 is 14.4 Å². The van der Waals surface area contributed by atoms with Crippen molar-refractivity contribution in [3.8, 4) is 0 Å². The summed E-state index contributed by atoms with van der Waals surface area (Å²) < 4.78 is 6.66. The lowest BCUT2D eigenvalue weighted by Gasteiger charge is -2.22. The highest BCUT2D eigenvalue weighted by Crippen LogP contribution is 2.34. The molecule has 1 atom stereocenters. The average molecular weight is 402 g/mol. The van der Waals surface area contributed by atoms with Crippen LogP contribution in [0, 0.1) is 0 Å². The second-order valence-electron chi connectivity index (χ2n) is 6.31. The molecule has 0 radical (unpaired) electrons. The molecule has 1 saturated heterocycles. The van der Waals surface area contributed by atoms with E-state index in [0.29, 0.717) is 6.61 Å². The molecule has 0 aliphatic carbocycles. The van der Waals surface area contributed by atoms with E-state index in [1.165, 1.54) is 5.06 Å². The lowest BCUT2D eigenvalue weighted by atomic mass is 10.1. The lowest BCUT2D eigenvalue weighted by molar-refractivity contribution is -0.204. The molecule has 0 N–H and O–H groups in total. The predicted octanol–water partition coefficient (Wildman–Crippen LogP) is 4.52. The van der Waals surface area contributed by atoms with Crippen LogP contribution < -0.4 is 0 Å². The molecule has 1 heterocycles. The molecule has 0 spiro atoms. The van der Waals surface area contributed by atoms with Gasteiger partial charge in [0.25, 0.3) is 5.91 Å². The van der Waals surface area contributed by atoms with Gasteiger partial charge in [-0.2, -0.15) is 5.06 Å². The van der Waals surface area contributed by atoms with Crippen molar-refractivity contribution in [1.82, 2.24) is 5.06 Å². The van der Waals surface area contributed by atoms with Crippen LogP contribution in [-0.2, 0) is 21.0 Å². The van der Waals surface area contributed by atoms with Crippen LogP contribution in [0.25, 0.3) is 6.08 Å². The highest BCUT2D eigenvalue weighted by Gasteiger charge is 2.48. The Kier molecular flexibility index (Phi) is 5.37. The van der Waals surface area contributed by atoms with Crippen LogP contribution in [0.5, 0.6) is 0 Å². The van der Waals surface area contributed by atoms with E-state index in [-0.39, 0.29) is 5.91 Å². The van der Waals surface area contributed by atoms with Gasteiger partial charge in [-0.15, -0.1) is 0 Å². The number of halogens is 1. The first-order valence-electron chi connectivity index (χ1n) is 8.08. The first kappa shape index (κ1) is 17.9. The smallest absolute Gasteiger partial charge is 0.280 e. The summed E-state index contributed by atoms with van der Waals surface area (Å²) in [5.41, 5.74) is 1.06. The molecular weight excluding hydrogens is 382 g/mol. The lowest BCUT2D eigenvalue weighted by Crippen LogP contribution is -2.37. The van der Waals surface area contributed by atoms with Crippen molar-refractivity contribution in [3.63, 3.8) is 0 Å². The first-order valence-corrected chi connectivity index (χ1v) is 8.87. The maximum atomic E-state index is 12.6. The molecule has 2 aromatic carbocycles. The zero-order valence-electron chi connectivity index (χ0n) is 14.2. The van der Waals surface area contributed by atoms with Crippen molar-refractivity contribution in [2.75, 3.05) is 0 Å². The van der Waals surface area contributed by atoms with Crippen molar-refractivity contribution in [2.24, 2.45) is 0 Å². The topological polar surface area (TPSA) is 38.8 Å². The molecule has 0 aromatic heterocycles. The largest absolute Gasteiger partial charge is 0.335 e. The Morgan fingerprint density at radius 3 is 2.40 bits per heavy atom. The summed E-state index contributed by atoms with van der Waals surface area (Å²) in [5.74, 6) is -0.202. The zero-order valence-corrected chi connectivity index (χ0v) is 15.8. The minimum Gasteiger partial charge on any atom is -0.335 e. The van der Waals surface area contributed by atoms with Gasteiger partial charge in [0, 0.05) is 4.48 Å². The van der Waals surface area contributed by atoms with Gasteiger partial charge in [-0.3, -0.25) is 9.63 Å². The van der Waals surface area contributed by atoms with Crippen LogP contribution >= 0.6 is 15.9 Å². The Morgan fingerprint density at radius 1 is 1.16 bits per heavy atom. The number of hydrogen-bond donors (Lipinski definition) is 0. The predicted molar refractivity (Wildman–Crippen MR) is 100 cm³/mol. The van der Waals surface area contributed by atoms with E-state index >= 15 is 0 Å². The van der Waals surface area contributed by atoms with Crippen molar-refractivity contribution in [3.05, 3.63) is 76.3 Å². The SMILES string of the molecule is CC1(C)OC(C(Br)=Cc2ccccc2)N(OCc2ccccc2)C1=O. The highest BCUT2D eigenvalue weighted by molar-refractivity contribution is 9.11. The van der Waals surface area contributed by atoms with Gasteiger partial charge in [0.2, 0.25) is 0 Å². The summed E-state index contributed by atoms with van der Waals surface area (Å²) in [6, 6.07) is 19.6. The number of benzene rings is 2. The average Bonchev–Trinajstić information content (AvgIpc) is 2.85. The minimum absolute atomic E-state index is 0.202. The Morgan fingerprint density at radius 2 is 1.76 bits per heavy atom. The van der Waals surface area contributed by atoms with Gasteiger partial charge < -0.3 is 4.74 Å². The number of hydrogen-bond acceptors (Lipinski definition) is 3. The molecule has 1 unspecified atom stereocenters. The summed E-state index contributed by atoms with van der Waals surface area (Å²) >= 11 is 3.55. The van der Waals surface area contributed by atoms with Gasteiger partial charge in [-0.25, -0.2) is 0 Å². The first-order chi connectivity index (χ1) is 12.0. The molecule has 2 aromatic rings. The van der Waals surface area contributed by atoms with E-state index in [1.54, 1.807) is 13.8 Å². The Labute approximate surface area is 156 Å². The van der Waals surface area contributed by atoms with Gasteiger partial charge in [0.1, 0.15) is 12.2 Å². The van der Waals surface area contributed by atoms with Crippen LogP contribution in [0.2, 0.25) is 0 Å². The van der Waals surface area contributed by atoms with Gasteiger partial charge in [-0.1, -0.05) is 76.6 Å². The number of amides is 1. The third-order valence-corrected chi connectivity index (χ3v) is 4.51. The number of nitrogens with zero attached hydrogens (tertiary/aromatic N) is 1. The standard InChI is InChI=1S/C20H20BrNO3/c1-20(2)19(23)22(24-14-16-11-7-4-8-12-16)18(25-20)17(21)13-15-9-5-3-6-10-15/h3-13,18H,14H2,1-2H3. The van der Waals surface area contributed by atoms with Gasteiger partial charge in [-0.05, 0) is 31.1 Å². The van der Waals surface area contributed by atoms with Gasteiger partial charge in [0.15, 0.2) is 6.23 Å². The fourth-order valence-corrected chi connectivity index (χ4v) is 3.09. The monoisotopic (exact) mass is 401 g/mol. The molecule has 4 nitrogen and oxygen atoms in total. The van der Waals surface area contributed by atoms with E-state index in [0.717, 1.165) is 15.6 Å².